The van der Waals surface area contributed by atoms with E-state index < -0.39 is 11.2 Å². The molecule has 9 heteroatoms. The minimum atomic E-state index is -0.569. The third kappa shape index (κ3) is 3.42. The van der Waals surface area contributed by atoms with E-state index in [0.29, 0.717) is 35.8 Å². The molecule has 9 nitrogen and oxygen atoms in total. The second-order valence-corrected chi connectivity index (χ2v) is 7.96. The van der Waals surface area contributed by atoms with Gasteiger partial charge in [0.2, 0.25) is 5.95 Å². The fourth-order valence-corrected chi connectivity index (χ4v) is 4.29. The largest absolute Gasteiger partial charge is 0.497 e. The molecule has 0 radical (unpaired) electrons. The number of rotatable bonds is 5. The molecule has 2 aromatic heterocycles. The smallest absolute Gasteiger partial charge is 0.332 e. The molecule has 5 rings (SSSR count). The van der Waals surface area contributed by atoms with Gasteiger partial charge in [-0.25, -0.2) is 4.79 Å². The molecule has 168 valence electrons. The number of carbonyl (C=O) groups is 1. The van der Waals surface area contributed by atoms with E-state index in [-0.39, 0.29) is 12.3 Å². The zero-order valence-corrected chi connectivity index (χ0v) is 18.4. The Morgan fingerprint density at radius 1 is 1.06 bits per heavy atom. The summed E-state index contributed by atoms with van der Waals surface area (Å²) in [4.78, 5) is 45.9. The van der Waals surface area contributed by atoms with Gasteiger partial charge in [-0.2, -0.15) is 4.98 Å². The van der Waals surface area contributed by atoms with Gasteiger partial charge in [0, 0.05) is 37.5 Å². The monoisotopic (exact) mass is 445 g/mol. The Balaban J connectivity index is 1.65. The number of benzene rings is 2. The normalized spacial score (nSPS) is 13.2. The van der Waals surface area contributed by atoms with Crippen molar-refractivity contribution in [2.75, 3.05) is 18.6 Å². The fourth-order valence-electron chi connectivity index (χ4n) is 4.29. The van der Waals surface area contributed by atoms with E-state index >= 15 is 0 Å². The van der Waals surface area contributed by atoms with Crippen LogP contribution < -0.4 is 20.9 Å². The van der Waals surface area contributed by atoms with E-state index in [4.69, 9.17) is 4.74 Å². The van der Waals surface area contributed by atoms with E-state index in [1.54, 1.807) is 44.5 Å². The minimum absolute atomic E-state index is 0.300. The number of fused-ring (bicyclic) bond motifs is 3. The molecule has 0 saturated heterocycles. The molecular formula is C24H23N5O4. The Hall–Kier alpha value is -4.14. The molecule has 0 bridgehead atoms. The number of imidazole rings is 1. The van der Waals surface area contributed by atoms with Crippen molar-refractivity contribution in [3.05, 3.63) is 81.0 Å². The van der Waals surface area contributed by atoms with Gasteiger partial charge in [0.15, 0.2) is 16.9 Å². The minimum Gasteiger partial charge on any atom is -0.497 e. The number of Topliss-reactive ketones (excluding diaryl/α,β-unsaturated/α-hetero) is 1. The maximum Gasteiger partial charge on any atom is 0.332 e. The highest BCUT2D eigenvalue weighted by atomic mass is 16.5. The second-order valence-electron chi connectivity index (χ2n) is 7.96. The average molecular weight is 445 g/mol. The number of hydrogen-bond acceptors (Lipinski definition) is 6. The van der Waals surface area contributed by atoms with Crippen molar-refractivity contribution in [1.29, 1.82) is 0 Å². The Morgan fingerprint density at radius 2 is 1.85 bits per heavy atom. The summed E-state index contributed by atoms with van der Waals surface area (Å²) in [6.07, 6.45) is 0.793. The Kier molecular flexibility index (Phi) is 5.08. The summed E-state index contributed by atoms with van der Waals surface area (Å²) >= 11 is 0. The molecule has 1 aliphatic rings. The van der Waals surface area contributed by atoms with Gasteiger partial charge < -0.3 is 14.2 Å². The molecule has 0 atom stereocenters. The molecule has 0 fully saturated rings. The van der Waals surface area contributed by atoms with E-state index in [0.717, 1.165) is 22.4 Å². The van der Waals surface area contributed by atoms with Crippen LogP contribution in [-0.4, -0.2) is 38.1 Å². The predicted molar refractivity (Wildman–Crippen MR) is 125 cm³/mol. The standard InChI is InChI=1S/C24H23N5O4/c1-26-21-20(22(31)29(24(26)32)15-19(30)16-8-4-3-5-9-16)28-13-7-12-27(23(28)25-21)17-10-6-11-18(14-17)33-2/h3-6,8-11,14H,7,12-13,15H2,1-2H3. The third-order valence-electron chi connectivity index (χ3n) is 5.98. The fraction of sp³-hybridized carbons (Fsp3) is 0.250. The summed E-state index contributed by atoms with van der Waals surface area (Å²) in [6.45, 7) is 0.975. The molecule has 3 heterocycles. The Bertz CT molecular complexity index is 1480. The van der Waals surface area contributed by atoms with Crippen LogP contribution in [0.3, 0.4) is 0 Å². The zero-order chi connectivity index (χ0) is 23.1. The number of anilines is 2. The van der Waals surface area contributed by atoms with Crippen molar-refractivity contribution in [3.63, 3.8) is 0 Å². The lowest BCUT2D eigenvalue weighted by Gasteiger charge is -2.29. The summed E-state index contributed by atoms with van der Waals surface area (Å²) < 4.78 is 9.52. The van der Waals surface area contributed by atoms with Crippen LogP contribution >= 0.6 is 0 Å². The van der Waals surface area contributed by atoms with Gasteiger partial charge >= 0.3 is 5.69 Å². The maximum atomic E-state index is 13.4. The molecule has 1 aliphatic heterocycles. The van der Waals surface area contributed by atoms with Gasteiger partial charge in [-0.15, -0.1) is 0 Å². The second kappa shape index (κ2) is 8.09. The zero-order valence-electron chi connectivity index (χ0n) is 18.4. The van der Waals surface area contributed by atoms with Crippen molar-refractivity contribution in [3.8, 4) is 5.75 Å². The van der Waals surface area contributed by atoms with Crippen molar-refractivity contribution < 1.29 is 9.53 Å². The topological polar surface area (TPSA) is 91.4 Å². The number of aryl methyl sites for hydroxylation is 2. The molecule has 0 aliphatic carbocycles. The van der Waals surface area contributed by atoms with Crippen molar-refractivity contribution in [1.82, 2.24) is 18.7 Å². The molecule has 0 amide bonds. The highest BCUT2D eigenvalue weighted by molar-refractivity contribution is 5.96. The predicted octanol–water partition coefficient (Wildman–Crippen LogP) is 2.33. The first-order chi connectivity index (χ1) is 16.0. The summed E-state index contributed by atoms with van der Waals surface area (Å²) in [5.74, 6) is 1.00. The number of nitrogens with zero attached hydrogens (tertiary/aromatic N) is 5. The van der Waals surface area contributed by atoms with Crippen molar-refractivity contribution >= 4 is 28.6 Å². The molecule has 0 N–H and O–H groups in total. The molecular weight excluding hydrogens is 422 g/mol. The van der Waals surface area contributed by atoms with Crippen LogP contribution in [0.25, 0.3) is 11.2 Å². The third-order valence-corrected chi connectivity index (χ3v) is 5.98. The summed E-state index contributed by atoms with van der Waals surface area (Å²) in [5, 5.41) is 0. The SMILES string of the molecule is COc1cccc(N2CCCn3c2nc2c3c(=O)n(CC(=O)c3ccccc3)c(=O)n2C)c1. The lowest BCUT2D eigenvalue weighted by atomic mass is 10.1. The first-order valence-electron chi connectivity index (χ1n) is 10.7. The maximum absolute atomic E-state index is 13.4. The molecule has 4 aromatic rings. The average Bonchev–Trinajstić information content (AvgIpc) is 3.26. The summed E-state index contributed by atoms with van der Waals surface area (Å²) in [7, 11) is 3.18. The summed E-state index contributed by atoms with van der Waals surface area (Å²) in [5.41, 5.74) is 0.879. The van der Waals surface area contributed by atoms with Crippen LogP contribution in [0.4, 0.5) is 11.6 Å². The van der Waals surface area contributed by atoms with Gasteiger partial charge in [0.25, 0.3) is 5.56 Å². The van der Waals surface area contributed by atoms with Crippen molar-refractivity contribution in [2.45, 2.75) is 19.5 Å². The van der Waals surface area contributed by atoms with Gasteiger partial charge in [-0.1, -0.05) is 36.4 Å². The van der Waals surface area contributed by atoms with Crippen molar-refractivity contribution in [2.24, 2.45) is 7.05 Å². The van der Waals surface area contributed by atoms with E-state index in [9.17, 15) is 14.4 Å². The highest BCUT2D eigenvalue weighted by Gasteiger charge is 2.27. The Morgan fingerprint density at radius 3 is 2.61 bits per heavy atom. The van der Waals surface area contributed by atoms with Crippen LogP contribution in [0.2, 0.25) is 0 Å². The number of hydrogen-bond donors (Lipinski definition) is 0. The summed E-state index contributed by atoms with van der Waals surface area (Å²) in [6, 6.07) is 16.3. The lowest BCUT2D eigenvalue weighted by molar-refractivity contribution is 0.0969. The van der Waals surface area contributed by atoms with E-state index in [1.807, 2.05) is 33.7 Å². The van der Waals surface area contributed by atoms with Crippen LogP contribution in [0.1, 0.15) is 16.8 Å². The van der Waals surface area contributed by atoms with Gasteiger partial charge in [0.1, 0.15) is 5.75 Å². The van der Waals surface area contributed by atoms with Crippen LogP contribution in [0.5, 0.6) is 5.75 Å². The van der Waals surface area contributed by atoms with Crippen LogP contribution in [-0.2, 0) is 20.1 Å². The molecule has 0 saturated carbocycles. The quantitative estimate of drug-likeness (QED) is 0.438. The first-order valence-corrected chi connectivity index (χ1v) is 10.7. The van der Waals surface area contributed by atoms with Crippen LogP contribution in [0.15, 0.2) is 64.2 Å². The van der Waals surface area contributed by atoms with Gasteiger partial charge in [-0.05, 0) is 18.6 Å². The van der Waals surface area contributed by atoms with Gasteiger partial charge in [-0.3, -0.25) is 18.7 Å². The number of carbonyl (C=O) groups excluding carboxylic acids is 1. The molecule has 0 unspecified atom stereocenters. The lowest BCUT2D eigenvalue weighted by Crippen LogP contribution is -2.41. The van der Waals surface area contributed by atoms with E-state index in [1.165, 1.54) is 4.57 Å². The molecule has 33 heavy (non-hydrogen) atoms. The number of methoxy groups -OCH3 is 1. The number of aromatic nitrogens is 4. The number of ketones is 1. The Labute approximate surface area is 189 Å². The van der Waals surface area contributed by atoms with E-state index in [2.05, 4.69) is 4.98 Å². The molecule has 2 aromatic carbocycles. The highest BCUT2D eigenvalue weighted by Crippen LogP contribution is 2.32. The number of ether oxygens (including phenoxy) is 1. The van der Waals surface area contributed by atoms with Crippen LogP contribution in [0, 0.1) is 0 Å². The van der Waals surface area contributed by atoms with Gasteiger partial charge in [0.05, 0.1) is 13.7 Å². The first kappa shape index (κ1) is 20.7. The molecule has 0 spiro atoms.